The summed E-state index contributed by atoms with van der Waals surface area (Å²) in [6.07, 6.45) is 1.22. The Labute approximate surface area is 130 Å². The van der Waals surface area contributed by atoms with Gasteiger partial charge in [-0.05, 0) is 30.0 Å². The first-order chi connectivity index (χ1) is 10.5. The van der Waals surface area contributed by atoms with Crippen molar-refractivity contribution < 1.29 is 18.3 Å². The average molecular weight is 318 g/mol. The second kappa shape index (κ2) is 7.22. The van der Waals surface area contributed by atoms with Gasteiger partial charge in [-0.3, -0.25) is 0 Å². The molecule has 1 N–H and O–H groups in total. The minimum atomic E-state index is -3.32. The normalized spacial score (nSPS) is 11.3. The van der Waals surface area contributed by atoms with E-state index < -0.39 is 15.8 Å². The fourth-order valence-corrected chi connectivity index (χ4v) is 3.76. The quantitative estimate of drug-likeness (QED) is 0.852. The standard InChI is InChI=1S/C17H18O4S/c18-17(19)16-11-5-4-10-15(16)13-22(20,21)12-6-9-14-7-2-1-3-8-14/h1-5,7-8,10-11H,6,9,12-13H2,(H,18,19). The van der Waals surface area contributed by atoms with Gasteiger partial charge in [0.2, 0.25) is 0 Å². The van der Waals surface area contributed by atoms with Crippen LogP contribution in [0.5, 0.6) is 0 Å². The number of carboxylic acids is 1. The molecule has 0 aromatic heterocycles. The summed E-state index contributed by atoms with van der Waals surface area (Å²) in [7, 11) is -3.32. The summed E-state index contributed by atoms with van der Waals surface area (Å²) >= 11 is 0. The Morgan fingerprint density at radius 2 is 1.59 bits per heavy atom. The number of benzene rings is 2. The average Bonchev–Trinajstić information content (AvgIpc) is 2.48. The number of carbonyl (C=O) groups is 1. The molecule has 0 saturated carbocycles. The van der Waals surface area contributed by atoms with Crippen molar-refractivity contribution in [3.63, 3.8) is 0 Å². The van der Waals surface area contributed by atoms with Crippen LogP contribution in [0.4, 0.5) is 0 Å². The fraction of sp³-hybridized carbons (Fsp3) is 0.235. The van der Waals surface area contributed by atoms with Crippen molar-refractivity contribution in [1.82, 2.24) is 0 Å². The summed E-state index contributed by atoms with van der Waals surface area (Å²) in [5.74, 6) is -1.28. The molecule has 0 heterocycles. The van der Waals surface area contributed by atoms with E-state index >= 15 is 0 Å². The largest absolute Gasteiger partial charge is 0.478 e. The van der Waals surface area contributed by atoms with E-state index in [4.69, 9.17) is 5.11 Å². The molecule has 2 aromatic carbocycles. The summed E-state index contributed by atoms with van der Waals surface area (Å²) in [5, 5.41) is 9.09. The molecule has 22 heavy (non-hydrogen) atoms. The van der Waals surface area contributed by atoms with Crippen LogP contribution < -0.4 is 0 Å². The molecule has 4 nitrogen and oxygen atoms in total. The summed E-state index contributed by atoms with van der Waals surface area (Å²) < 4.78 is 24.3. The molecule has 0 unspecified atom stereocenters. The lowest BCUT2D eigenvalue weighted by Crippen LogP contribution is -2.13. The number of hydrogen-bond donors (Lipinski definition) is 1. The van der Waals surface area contributed by atoms with Gasteiger partial charge in [0.25, 0.3) is 0 Å². The Balaban J connectivity index is 1.98. The van der Waals surface area contributed by atoms with Crippen LogP contribution in [0.2, 0.25) is 0 Å². The van der Waals surface area contributed by atoms with Crippen LogP contribution in [0.15, 0.2) is 54.6 Å². The molecule has 0 saturated heterocycles. The zero-order valence-electron chi connectivity index (χ0n) is 12.1. The highest BCUT2D eigenvalue weighted by Gasteiger charge is 2.17. The van der Waals surface area contributed by atoms with Gasteiger partial charge < -0.3 is 5.11 Å². The van der Waals surface area contributed by atoms with Gasteiger partial charge in [-0.1, -0.05) is 48.5 Å². The van der Waals surface area contributed by atoms with E-state index in [1.807, 2.05) is 30.3 Å². The van der Waals surface area contributed by atoms with Gasteiger partial charge in [0.15, 0.2) is 9.84 Å². The molecule has 2 rings (SSSR count). The predicted octanol–water partition coefficient (Wildman–Crippen LogP) is 2.93. The highest BCUT2D eigenvalue weighted by Crippen LogP contribution is 2.14. The van der Waals surface area contributed by atoms with Gasteiger partial charge in [-0.15, -0.1) is 0 Å². The third-order valence-corrected chi connectivity index (χ3v) is 5.05. The first kappa shape index (κ1) is 16.2. The second-order valence-corrected chi connectivity index (χ2v) is 7.33. The Morgan fingerprint density at radius 1 is 0.955 bits per heavy atom. The van der Waals surface area contributed by atoms with E-state index in [2.05, 4.69) is 0 Å². The molecule has 0 fully saturated rings. The van der Waals surface area contributed by atoms with Gasteiger partial charge in [0.05, 0.1) is 17.1 Å². The van der Waals surface area contributed by atoms with Crippen molar-refractivity contribution in [3.8, 4) is 0 Å². The molecule has 5 heteroatoms. The van der Waals surface area contributed by atoms with Crippen molar-refractivity contribution in [3.05, 3.63) is 71.3 Å². The smallest absolute Gasteiger partial charge is 0.335 e. The molecule has 0 bridgehead atoms. The SMILES string of the molecule is O=C(O)c1ccccc1CS(=O)(=O)CCCc1ccccc1. The lowest BCUT2D eigenvalue weighted by molar-refractivity contribution is 0.0696. The predicted molar refractivity (Wildman–Crippen MR) is 85.7 cm³/mol. The van der Waals surface area contributed by atoms with Crippen LogP contribution >= 0.6 is 0 Å². The summed E-state index contributed by atoms with van der Waals surface area (Å²) in [4.78, 5) is 11.1. The number of carboxylic acid groups (broad SMARTS) is 1. The Morgan fingerprint density at radius 3 is 2.27 bits per heavy atom. The van der Waals surface area contributed by atoms with E-state index in [1.54, 1.807) is 18.2 Å². The zero-order chi connectivity index (χ0) is 16.0. The molecule has 2 aromatic rings. The maximum Gasteiger partial charge on any atom is 0.335 e. The summed E-state index contributed by atoms with van der Waals surface area (Å²) in [5.41, 5.74) is 1.49. The number of rotatable bonds is 7. The molecule has 0 aliphatic carbocycles. The van der Waals surface area contributed by atoms with Crippen molar-refractivity contribution in [2.75, 3.05) is 5.75 Å². The maximum absolute atomic E-state index is 12.2. The van der Waals surface area contributed by atoms with Crippen LogP contribution in [-0.2, 0) is 22.0 Å². The van der Waals surface area contributed by atoms with Crippen molar-refractivity contribution in [2.24, 2.45) is 0 Å². The van der Waals surface area contributed by atoms with Gasteiger partial charge in [0.1, 0.15) is 0 Å². The number of aryl methyl sites for hydroxylation is 1. The maximum atomic E-state index is 12.2. The van der Waals surface area contributed by atoms with E-state index in [0.29, 0.717) is 18.4 Å². The van der Waals surface area contributed by atoms with Crippen LogP contribution in [-0.4, -0.2) is 25.2 Å². The monoisotopic (exact) mass is 318 g/mol. The number of aromatic carboxylic acids is 1. The van der Waals surface area contributed by atoms with Crippen molar-refractivity contribution >= 4 is 15.8 Å². The van der Waals surface area contributed by atoms with Crippen LogP contribution in [0, 0.1) is 0 Å². The lowest BCUT2D eigenvalue weighted by atomic mass is 10.1. The molecular weight excluding hydrogens is 300 g/mol. The Bertz CT molecular complexity index is 736. The molecule has 0 atom stereocenters. The third-order valence-electron chi connectivity index (χ3n) is 3.39. The topological polar surface area (TPSA) is 71.4 Å². The van der Waals surface area contributed by atoms with Crippen LogP contribution in [0.25, 0.3) is 0 Å². The van der Waals surface area contributed by atoms with Gasteiger partial charge in [-0.2, -0.15) is 0 Å². The van der Waals surface area contributed by atoms with Gasteiger partial charge in [0, 0.05) is 0 Å². The van der Waals surface area contributed by atoms with E-state index in [9.17, 15) is 13.2 Å². The fourth-order valence-electron chi connectivity index (χ4n) is 2.30. The van der Waals surface area contributed by atoms with Gasteiger partial charge in [-0.25, -0.2) is 13.2 Å². The molecular formula is C17H18O4S. The van der Waals surface area contributed by atoms with Crippen LogP contribution in [0.1, 0.15) is 27.9 Å². The Kier molecular flexibility index (Phi) is 5.33. The van der Waals surface area contributed by atoms with Crippen LogP contribution in [0.3, 0.4) is 0 Å². The zero-order valence-corrected chi connectivity index (χ0v) is 12.9. The third kappa shape index (κ3) is 4.70. The van der Waals surface area contributed by atoms with Crippen molar-refractivity contribution in [2.45, 2.75) is 18.6 Å². The molecule has 0 amide bonds. The van der Waals surface area contributed by atoms with E-state index in [0.717, 1.165) is 5.56 Å². The Hall–Kier alpha value is -2.14. The molecule has 0 spiro atoms. The van der Waals surface area contributed by atoms with E-state index in [-0.39, 0.29) is 17.1 Å². The second-order valence-electron chi connectivity index (χ2n) is 5.14. The van der Waals surface area contributed by atoms with E-state index in [1.165, 1.54) is 6.07 Å². The first-order valence-corrected chi connectivity index (χ1v) is 8.85. The highest BCUT2D eigenvalue weighted by atomic mass is 32.2. The summed E-state index contributed by atoms with van der Waals surface area (Å²) in [6, 6.07) is 15.9. The lowest BCUT2D eigenvalue weighted by Gasteiger charge is -2.07. The minimum absolute atomic E-state index is 0.0501. The number of sulfone groups is 1. The summed E-state index contributed by atoms with van der Waals surface area (Å²) in [6.45, 7) is 0. The van der Waals surface area contributed by atoms with Gasteiger partial charge >= 0.3 is 5.97 Å². The van der Waals surface area contributed by atoms with Crippen molar-refractivity contribution in [1.29, 1.82) is 0 Å². The molecule has 116 valence electrons. The first-order valence-electron chi connectivity index (χ1n) is 7.03. The molecule has 0 aliphatic rings. The number of hydrogen-bond acceptors (Lipinski definition) is 3. The molecule has 0 radical (unpaired) electrons. The minimum Gasteiger partial charge on any atom is -0.478 e. The molecule has 0 aliphatic heterocycles. The highest BCUT2D eigenvalue weighted by molar-refractivity contribution is 7.90.